The predicted octanol–water partition coefficient (Wildman–Crippen LogP) is 5.85. The van der Waals surface area contributed by atoms with Crippen molar-refractivity contribution in [3.63, 3.8) is 0 Å². The van der Waals surface area contributed by atoms with Crippen LogP contribution in [0.15, 0.2) is 42.5 Å². The molecular weight excluding hydrogens is 490 g/mol. The largest absolute Gasteiger partial charge is 0.444 e. The van der Waals surface area contributed by atoms with Crippen molar-refractivity contribution >= 4 is 35.2 Å². The van der Waals surface area contributed by atoms with Crippen LogP contribution in [0, 0.1) is 19.3 Å². The first-order valence-electron chi connectivity index (χ1n) is 12.4. The second-order valence-corrected chi connectivity index (χ2v) is 10.1. The second kappa shape index (κ2) is 13.7. The van der Waals surface area contributed by atoms with Crippen LogP contribution < -0.4 is 10.6 Å². The Balaban J connectivity index is 2.47. The minimum Gasteiger partial charge on any atom is -0.444 e. The van der Waals surface area contributed by atoms with Gasteiger partial charge < -0.3 is 20.3 Å². The number of unbranched alkanes of at least 4 members (excludes halogenated alkanes) is 2. The summed E-state index contributed by atoms with van der Waals surface area (Å²) in [5, 5.41) is 5.79. The highest BCUT2D eigenvalue weighted by Gasteiger charge is 2.33. The second-order valence-electron chi connectivity index (χ2n) is 9.70. The van der Waals surface area contributed by atoms with E-state index in [0.717, 1.165) is 18.4 Å². The molecule has 3 amide bonds. The molecular formula is C29H36ClN3O4. The van der Waals surface area contributed by atoms with Crippen molar-refractivity contribution < 1.29 is 19.1 Å². The molecule has 0 fully saturated rings. The molecule has 37 heavy (non-hydrogen) atoms. The Morgan fingerprint density at radius 1 is 1.11 bits per heavy atom. The molecule has 0 aromatic heterocycles. The van der Waals surface area contributed by atoms with Crippen LogP contribution in [0.5, 0.6) is 0 Å². The molecule has 0 saturated heterocycles. The molecule has 0 radical (unpaired) electrons. The highest BCUT2D eigenvalue weighted by molar-refractivity contribution is 6.34. The molecule has 8 heteroatoms. The van der Waals surface area contributed by atoms with E-state index in [0.29, 0.717) is 34.8 Å². The molecule has 0 aliphatic carbocycles. The molecule has 1 atom stereocenters. The number of halogens is 1. The number of amides is 3. The maximum Gasteiger partial charge on any atom is 0.408 e. The molecule has 0 spiro atoms. The maximum absolute atomic E-state index is 13.8. The first kappa shape index (κ1) is 29.7. The van der Waals surface area contributed by atoms with Gasteiger partial charge in [-0.1, -0.05) is 67.6 Å². The normalized spacial score (nSPS) is 11.7. The summed E-state index contributed by atoms with van der Waals surface area (Å²) in [6, 6.07) is 11.3. The van der Waals surface area contributed by atoms with Crippen molar-refractivity contribution in [3.05, 3.63) is 64.2 Å². The van der Waals surface area contributed by atoms with Gasteiger partial charge in [-0.3, -0.25) is 9.59 Å². The minimum absolute atomic E-state index is 0.293. The number of aryl methyl sites for hydroxylation is 1. The number of nitrogens with one attached hydrogen (secondary N) is 2. The summed E-state index contributed by atoms with van der Waals surface area (Å²) in [6.07, 6.45) is 7.50. The van der Waals surface area contributed by atoms with Crippen molar-refractivity contribution in [2.75, 3.05) is 18.4 Å². The van der Waals surface area contributed by atoms with Crippen molar-refractivity contribution in [2.24, 2.45) is 0 Å². The molecule has 2 rings (SSSR count). The van der Waals surface area contributed by atoms with Gasteiger partial charge in [0.1, 0.15) is 18.2 Å². The fraction of sp³-hybridized carbons (Fsp3) is 0.414. The zero-order valence-corrected chi connectivity index (χ0v) is 22.9. The molecule has 0 bridgehead atoms. The number of carbonyl (C=O) groups excluding carboxylic acids is 3. The van der Waals surface area contributed by atoms with Gasteiger partial charge in [0.15, 0.2) is 0 Å². The third-order valence-electron chi connectivity index (χ3n) is 5.55. The third kappa shape index (κ3) is 8.83. The molecule has 0 saturated carbocycles. The summed E-state index contributed by atoms with van der Waals surface area (Å²) < 4.78 is 5.26. The zero-order valence-electron chi connectivity index (χ0n) is 22.2. The number of benzene rings is 2. The van der Waals surface area contributed by atoms with E-state index < -0.39 is 29.6 Å². The minimum atomic E-state index is -1.05. The maximum atomic E-state index is 13.8. The van der Waals surface area contributed by atoms with Crippen LogP contribution in [0.3, 0.4) is 0 Å². The summed E-state index contributed by atoms with van der Waals surface area (Å²) in [6.45, 7) is 9.04. The molecule has 0 aliphatic heterocycles. The molecule has 7 nitrogen and oxygen atoms in total. The van der Waals surface area contributed by atoms with E-state index in [-0.39, 0.29) is 6.54 Å². The Kier molecular flexibility index (Phi) is 11.0. The lowest BCUT2D eigenvalue weighted by Crippen LogP contribution is -2.47. The van der Waals surface area contributed by atoms with Crippen LogP contribution in [0.25, 0.3) is 0 Å². The number of para-hydroxylation sites is 1. The molecule has 2 aromatic rings. The van der Waals surface area contributed by atoms with Crippen LogP contribution in [0.2, 0.25) is 5.02 Å². The Morgan fingerprint density at radius 3 is 2.43 bits per heavy atom. The number of rotatable bonds is 10. The summed E-state index contributed by atoms with van der Waals surface area (Å²) >= 11 is 6.38. The van der Waals surface area contributed by atoms with Gasteiger partial charge >= 0.3 is 6.09 Å². The van der Waals surface area contributed by atoms with Crippen molar-refractivity contribution in [2.45, 2.75) is 65.5 Å². The third-order valence-corrected chi connectivity index (χ3v) is 5.86. The molecule has 1 unspecified atom stereocenters. The topological polar surface area (TPSA) is 87.7 Å². The zero-order chi connectivity index (χ0) is 27.6. The summed E-state index contributed by atoms with van der Waals surface area (Å²) in [7, 11) is 0. The van der Waals surface area contributed by atoms with Gasteiger partial charge in [0.2, 0.25) is 5.91 Å². The van der Waals surface area contributed by atoms with Gasteiger partial charge in [-0.25, -0.2) is 4.79 Å². The lowest BCUT2D eigenvalue weighted by atomic mass is 9.97. The monoisotopic (exact) mass is 525 g/mol. The average Bonchev–Trinajstić information content (AvgIpc) is 2.83. The number of ether oxygens (including phenoxy) is 1. The van der Waals surface area contributed by atoms with E-state index >= 15 is 0 Å². The Morgan fingerprint density at radius 2 is 1.81 bits per heavy atom. The van der Waals surface area contributed by atoms with E-state index in [9.17, 15) is 14.4 Å². The number of hydrogen-bond donors (Lipinski definition) is 2. The van der Waals surface area contributed by atoms with Crippen LogP contribution in [0.1, 0.15) is 69.7 Å². The SMILES string of the molecule is C#Cc1ccccc1C(C(=O)Nc1c(C)cccc1Cl)N(CCCCC)C(=O)CNC(=O)OC(C)(C)C. The van der Waals surface area contributed by atoms with Gasteiger partial charge in [-0.15, -0.1) is 6.42 Å². The highest BCUT2D eigenvalue weighted by atomic mass is 35.5. The average molecular weight is 526 g/mol. The van der Waals surface area contributed by atoms with Crippen molar-refractivity contribution in [1.29, 1.82) is 0 Å². The van der Waals surface area contributed by atoms with E-state index in [1.807, 2.05) is 19.9 Å². The van der Waals surface area contributed by atoms with Gasteiger partial charge in [-0.2, -0.15) is 0 Å². The van der Waals surface area contributed by atoms with Gasteiger partial charge in [0.25, 0.3) is 5.91 Å². The van der Waals surface area contributed by atoms with Crippen LogP contribution in [-0.2, 0) is 14.3 Å². The quantitative estimate of drug-likeness (QED) is 0.301. The smallest absolute Gasteiger partial charge is 0.408 e. The highest BCUT2D eigenvalue weighted by Crippen LogP contribution is 2.30. The summed E-state index contributed by atoms with van der Waals surface area (Å²) in [4.78, 5) is 41.0. The lowest BCUT2D eigenvalue weighted by Gasteiger charge is -2.32. The van der Waals surface area contributed by atoms with Crippen molar-refractivity contribution in [3.8, 4) is 12.3 Å². The number of anilines is 1. The molecule has 0 aliphatic rings. The van der Waals surface area contributed by atoms with E-state index in [2.05, 4.69) is 16.6 Å². The predicted molar refractivity (Wildman–Crippen MR) is 147 cm³/mol. The first-order valence-corrected chi connectivity index (χ1v) is 12.7. The van der Waals surface area contributed by atoms with Crippen molar-refractivity contribution in [1.82, 2.24) is 10.2 Å². The van der Waals surface area contributed by atoms with E-state index in [4.69, 9.17) is 22.8 Å². The fourth-order valence-electron chi connectivity index (χ4n) is 3.79. The summed E-state index contributed by atoms with van der Waals surface area (Å²) in [5.74, 6) is 1.72. The lowest BCUT2D eigenvalue weighted by molar-refractivity contribution is -0.138. The van der Waals surface area contributed by atoms with Crippen LogP contribution in [0.4, 0.5) is 10.5 Å². The van der Waals surface area contributed by atoms with Gasteiger partial charge in [0, 0.05) is 12.1 Å². The number of hydrogen-bond acceptors (Lipinski definition) is 4. The van der Waals surface area contributed by atoms with Gasteiger partial charge in [-0.05, 0) is 57.4 Å². The molecule has 2 aromatic carbocycles. The number of carbonyl (C=O) groups is 3. The van der Waals surface area contributed by atoms with Crippen LogP contribution >= 0.6 is 11.6 Å². The Labute approximate surface area is 224 Å². The standard InChI is InChI=1S/C29H36ClN3O4/c1-7-9-12-18-33(24(34)19-31-28(36)37-29(4,5)6)26(22-16-11-10-15-21(22)8-2)27(35)32-25-20(3)14-13-17-23(25)30/h2,10-11,13-17,26H,7,9,12,18-19H2,1,3-6H3,(H,31,36)(H,32,35). The van der Waals surface area contributed by atoms with E-state index in [1.165, 1.54) is 4.90 Å². The molecule has 198 valence electrons. The number of alkyl carbamates (subject to hydrolysis) is 1. The Bertz CT molecular complexity index is 1130. The van der Waals surface area contributed by atoms with Gasteiger partial charge in [0.05, 0.1) is 10.7 Å². The fourth-order valence-corrected chi connectivity index (χ4v) is 4.06. The molecule has 0 heterocycles. The summed E-state index contributed by atoms with van der Waals surface area (Å²) in [5.41, 5.74) is 1.53. The first-order chi connectivity index (χ1) is 17.5. The van der Waals surface area contributed by atoms with Crippen LogP contribution in [-0.4, -0.2) is 41.5 Å². The number of nitrogens with zero attached hydrogens (tertiary/aromatic N) is 1. The molecule has 2 N–H and O–H groups in total. The Hall–Kier alpha value is -3.50. The number of terminal acetylenes is 1. The van der Waals surface area contributed by atoms with E-state index in [1.54, 1.807) is 57.2 Å².